The molecule has 0 radical (unpaired) electrons. The van der Waals surface area contributed by atoms with E-state index in [-0.39, 0.29) is 18.0 Å². The van der Waals surface area contributed by atoms with Crippen molar-refractivity contribution in [2.45, 2.75) is 13.6 Å². The highest BCUT2D eigenvalue weighted by atomic mass is 35.5. The number of hydrogen-bond acceptors (Lipinski definition) is 2. The van der Waals surface area contributed by atoms with Crippen molar-refractivity contribution in [2.24, 2.45) is 7.05 Å². The Morgan fingerprint density at radius 2 is 1.83 bits per heavy atom. The minimum absolute atomic E-state index is 0. The predicted molar refractivity (Wildman–Crippen MR) is 109 cm³/mol. The maximum Gasteiger partial charge on any atom is 0.435 e. The van der Waals surface area contributed by atoms with Crippen LogP contribution in [0.25, 0.3) is 33.4 Å². The molecule has 2 aromatic carbocycles. The molecule has 4 nitrogen and oxygen atoms in total. The van der Waals surface area contributed by atoms with Gasteiger partial charge in [-0.2, -0.15) is 18.3 Å². The van der Waals surface area contributed by atoms with Crippen molar-refractivity contribution in [3.8, 4) is 28.3 Å². The van der Waals surface area contributed by atoms with Crippen LogP contribution in [0.1, 0.15) is 13.1 Å². The summed E-state index contributed by atoms with van der Waals surface area (Å²) in [5, 5.41) is 4.40. The second-order valence-corrected chi connectivity index (χ2v) is 6.89. The van der Waals surface area contributed by atoms with Gasteiger partial charge in [0.15, 0.2) is 5.69 Å². The van der Waals surface area contributed by atoms with Crippen LogP contribution in [0.2, 0.25) is 5.02 Å². The number of ether oxygens (including phenoxy) is 1. The minimum Gasteiger partial charge on any atom is -0.497 e. The Labute approximate surface area is 175 Å². The standard InChI is InChI=1S/C20H14ClF4N3O.CH4/c1-28-17(9-18(27-28)20(23,24)25)10-3-4-15-11(5-10)6-16(26-15)19-13(21)7-12(29-2)8-14(19)22;/h3-9,26H,1-2H3;1H4. The number of hydrogen-bond donors (Lipinski definition) is 1. The first-order valence-corrected chi connectivity index (χ1v) is 8.83. The number of aromatic amines is 1. The van der Waals surface area contributed by atoms with Crippen molar-refractivity contribution >= 4 is 22.5 Å². The lowest BCUT2D eigenvalue weighted by atomic mass is 10.1. The Hall–Kier alpha value is -3.00. The highest BCUT2D eigenvalue weighted by molar-refractivity contribution is 6.33. The number of H-pyrrole nitrogens is 1. The molecule has 0 amide bonds. The van der Waals surface area contributed by atoms with Crippen LogP contribution >= 0.6 is 11.6 Å². The van der Waals surface area contributed by atoms with E-state index >= 15 is 0 Å². The summed E-state index contributed by atoms with van der Waals surface area (Å²) < 4.78 is 59.5. The number of aryl methyl sites for hydroxylation is 1. The fraction of sp³-hybridized carbons (Fsp3) is 0.190. The van der Waals surface area contributed by atoms with Crippen molar-refractivity contribution in [2.75, 3.05) is 7.11 Å². The van der Waals surface area contributed by atoms with Gasteiger partial charge in [-0.3, -0.25) is 4.68 Å². The average Bonchev–Trinajstić information content (AvgIpc) is 3.23. The number of fused-ring (bicyclic) bond motifs is 1. The van der Waals surface area contributed by atoms with Crippen LogP contribution in [0.15, 0.2) is 42.5 Å². The number of nitrogens with zero attached hydrogens (tertiary/aromatic N) is 2. The van der Waals surface area contributed by atoms with Gasteiger partial charge in [-0.1, -0.05) is 25.1 Å². The average molecular weight is 440 g/mol. The largest absolute Gasteiger partial charge is 0.497 e. The molecule has 158 valence electrons. The summed E-state index contributed by atoms with van der Waals surface area (Å²) in [7, 11) is 2.86. The van der Waals surface area contributed by atoms with Gasteiger partial charge < -0.3 is 9.72 Å². The van der Waals surface area contributed by atoms with Gasteiger partial charge in [-0.05, 0) is 30.3 Å². The highest BCUT2D eigenvalue weighted by Gasteiger charge is 2.34. The van der Waals surface area contributed by atoms with Crippen LogP contribution in [0.4, 0.5) is 17.6 Å². The van der Waals surface area contributed by atoms with E-state index in [0.717, 1.165) is 6.07 Å². The third kappa shape index (κ3) is 3.75. The maximum atomic E-state index is 14.5. The lowest BCUT2D eigenvalue weighted by Crippen LogP contribution is -2.06. The Morgan fingerprint density at radius 3 is 2.43 bits per heavy atom. The topological polar surface area (TPSA) is 42.8 Å². The molecule has 30 heavy (non-hydrogen) atoms. The van der Waals surface area contributed by atoms with Crippen molar-refractivity contribution in [3.63, 3.8) is 0 Å². The molecular weight excluding hydrogens is 422 g/mol. The molecule has 1 N–H and O–H groups in total. The normalized spacial score (nSPS) is 11.6. The van der Waals surface area contributed by atoms with Crippen LogP contribution in [-0.2, 0) is 13.2 Å². The quantitative estimate of drug-likeness (QED) is 0.361. The summed E-state index contributed by atoms with van der Waals surface area (Å²) in [6.45, 7) is 0. The zero-order chi connectivity index (χ0) is 20.9. The van der Waals surface area contributed by atoms with Crippen molar-refractivity contribution in [1.82, 2.24) is 14.8 Å². The second-order valence-electron chi connectivity index (χ2n) is 6.49. The molecule has 0 unspecified atom stereocenters. The van der Waals surface area contributed by atoms with Gasteiger partial charge in [0.05, 0.1) is 29.1 Å². The highest BCUT2D eigenvalue weighted by Crippen LogP contribution is 2.37. The van der Waals surface area contributed by atoms with Gasteiger partial charge in [0.2, 0.25) is 0 Å². The lowest BCUT2D eigenvalue weighted by molar-refractivity contribution is -0.141. The molecule has 0 fully saturated rings. The van der Waals surface area contributed by atoms with E-state index in [1.165, 1.54) is 31.0 Å². The number of benzene rings is 2. The third-order valence-corrected chi connectivity index (χ3v) is 4.91. The summed E-state index contributed by atoms with van der Waals surface area (Å²) in [4.78, 5) is 3.09. The van der Waals surface area contributed by atoms with E-state index in [1.807, 2.05) is 0 Å². The first-order valence-electron chi connectivity index (χ1n) is 8.45. The number of nitrogens with one attached hydrogen (secondary N) is 1. The number of halogens is 5. The lowest BCUT2D eigenvalue weighted by Gasteiger charge is -2.06. The van der Waals surface area contributed by atoms with Gasteiger partial charge in [0.25, 0.3) is 0 Å². The van der Waals surface area contributed by atoms with Gasteiger partial charge in [0.1, 0.15) is 11.6 Å². The molecule has 9 heteroatoms. The molecule has 0 aliphatic heterocycles. The number of rotatable bonds is 3. The number of aromatic nitrogens is 3. The monoisotopic (exact) mass is 439 g/mol. The van der Waals surface area contributed by atoms with Crippen molar-refractivity contribution in [1.29, 1.82) is 0 Å². The van der Waals surface area contributed by atoms with E-state index in [4.69, 9.17) is 16.3 Å². The fourth-order valence-electron chi connectivity index (χ4n) is 3.23. The van der Waals surface area contributed by atoms with E-state index < -0.39 is 17.7 Å². The molecular formula is C21H18ClF4N3O. The summed E-state index contributed by atoms with van der Waals surface area (Å²) in [5.74, 6) is -0.256. The number of methoxy groups -OCH3 is 1. The second kappa shape index (κ2) is 7.68. The van der Waals surface area contributed by atoms with Crippen LogP contribution in [0.5, 0.6) is 5.75 Å². The van der Waals surface area contributed by atoms with E-state index in [0.29, 0.717) is 33.6 Å². The summed E-state index contributed by atoms with van der Waals surface area (Å²) >= 11 is 6.21. The molecule has 0 bridgehead atoms. The Kier molecular flexibility index (Phi) is 5.56. The van der Waals surface area contributed by atoms with Gasteiger partial charge in [-0.15, -0.1) is 0 Å². The van der Waals surface area contributed by atoms with E-state index in [2.05, 4.69) is 10.1 Å². The van der Waals surface area contributed by atoms with Crippen LogP contribution in [0, 0.1) is 5.82 Å². The summed E-state index contributed by atoms with van der Waals surface area (Å²) in [5.41, 5.74) is 1.23. The molecule has 0 atom stereocenters. The first kappa shape index (κ1) is 21.7. The van der Waals surface area contributed by atoms with Gasteiger partial charge >= 0.3 is 6.18 Å². The number of alkyl halides is 3. The van der Waals surface area contributed by atoms with Crippen molar-refractivity contribution < 1.29 is 22.3 Å². The molecule has 4 rings (SSSR count). The van der Waals surface area contributed by atoms with E-state index in [9.17, 15) is 17.6 Å². The molecule has 4 aromatic rings. The molecule has 0 saturated heterocycles. The molecule has 0 aliphatic carbocycles. The van der Waals surface area contributed by atoms with Crippen LogP contribution < -0.4 is 4.74 Å². The Bertz CT molecular complexity index is 1200. The zero-order valence-electron chi connectivity index (χ0n) is 15.2. The van der Waals surface area contributed by atoms with Crippen LogP contribution in [-0.4, -0.2) is 21.9 Å². The third-order valence-electron chi connectivity index (χ3n) is 4.61. The zero-order valence-corrected chi connectivity index (χ0v) is 16.0. The van der Waals surface area contributed by atoms with Gasteiger partial charge in [-0.25, -0.2) is 4.39 Å². The molecule has 0 saturated carbocycles. The predicted octanol–water partition coefficient (Wildman–Crippen LogP) is 6.69. The molecule has 0 aliphatic rings. The fourth-order valence-corrected chi connectivity index (χ4v) is 3.53. The molecule has 2 aromatic heterocycles. The SMILES string of the molecule is C.COc1cc(F)c(-c2cc3cc(-c4cc(C(F)(F)F)nn4C)ccc3[nH]2)c(Cl)c1. The molecule has 2 heterocycles. The van der Waals surface area contributed by atoms with Crippen molar-refractivity contribution in [3.05, 3.63) is 59.0 Å². The summed E-state index contributed by atoms with van der Waals surface area (Å²) in [6, 6.07) is 10.5. The Morgan fingerprint density at radius 1 is 1.10 bits per heavy atom. The van der Waals surface area contributed by atoms with Crippen LogP contribution in [0.3, 0.4) is 0 Å². The molecule has 0 spiro atoms. The van der Waals surface area contributed by atoms with Gasteiger partial charge in [0, 0.05) is 29.6 Å². The Balaban J connectivity index is 0.00000256. The first-order chi connectivity index (χ1) is 13.7. The maximum absolute atomic E-state index is 14.5. The summed E-state index contributed by atoms with van der Waals surface area (Å²) in [6.07, 6.45) is -4.52. The van der Waals surface area contributed by atoms with E-state index in [1.54, 1.807) is 24.3 Å². The minimum atomic E-state index is -4.52. The smallest absolute Gasteiger partial charge is 0.435 e.